The molecule has 1 aliphatic heterocycles. The van der Waals surface area contributed by atoms with E-state index in [9.17, 15) is 14.7 Å². The molecule has 1 heterocycles. The summed E-state index contributed by atoms with van der Waals surface area (Å²) in [5, 5.41) is 13.0. The number of anilines is 1. The molecule has 1 aliphatic rings. The molecular weight excluding hydrogens is 528 g/mol. The second-order valence-corrected chi connectivity index (χ2v) is 9.40. The first-order chi connectivity index (χ1) is 13.3. The van der Waals surface area contributed by atoms with Crippen molar-refractivity contribution in [3.63, 3.8) is 0 Å². The standard InChI is InChI=1S/C19H14Br2N2O3S2/c1-10-4-2-3-5-14(10)22-16(24)9-23-18(26)15(28-19(23)27)7-11-6-12(20)8-13(21)17(11)25/h2-8,25H,9H2,1H3,(H,22,24)/b15-7-. The number of thiocarbonyl (C=S) groups is 1. The Kier molecular flexibility index (Phi) is 6.59. The van der Waals surface area contributed by atoms with Crippen molar-refractivity contribution in [2.24, 2.45) is 0 Å². The molecule has 1 fully saturated rings. The van der Waals surface area contributed by atoms with Gasteiger partial charge in [0.05, 0.1) is 9.38 Å². The van der Waals surface area contributed by atoms with Gasteiger partial charge in [-0.25, -0.2) is 0 Å². The molecule has 0 spiro atoms. The minimum absolute atomic E-state index is 0.0192. The minimum atomic E-state index is -0.370. The number of aromatic hydroxyl groups is 1. The maximum Gasteiger partial charge on any atom is 0.266 e. The molecule has 3 rings (SSSR count). The number of nitrogens with one attached hydrogen (secondary N) is 1. The molecule has 2 aromatic rings. The number of aryl methyl sites for hydroxylation is 1. The molecule has 0 atom stereocenters. The topological polar surface area (TPSA) is 69.6 Å². The Labute approximate surface area is 188 Å². The van der Waals surface area contributed by atoms with E-state index in [-0.39, 0.29) is 24.1 Å². The number of phenolic OH excluding ortho intramolecular Hbond substituents is 1. The SMILES string of the molecule is Cc1ccccc1NC(=O)CN1C(=O)/C(=C/c2cc(Br)cc(Br)c2O)SC1=S. The van der Waals surface area contributed by atoms with Crippen LogP contribution in [0.2, 0.25) is 0 Å². The van der Waals surface area contributed by atoms with Crippen molar-refractivity contribution in [3.8, 4) is 5.75 Å². The summed E-state index contributed by atoms with van der Waals surface area (Å²) in [6, 6.07) is 10.8. The van der Waals surface area contributed by atoms with Crippen molar-refractivity contribution < 1.29 is 14.7 Å². The van der Waals surface area contributed by atoms with Crippen molar-refractivity contribution in [1.82, 2.24) is 4.90 Å². The molecule has 2 amide bonds. The number of carbonyl (C=O) groups is 2. The third-order valence-corrected chi connectivity index (χ3v) is 6.38. The first-order valence-corrected chi connectivity index (χ1v) is 10.9. The summed E-state index contributed by atoms with van der Waals surface area (Å²) in [7, 11) is 0. The van der Waals surface area contributed by atoms with E-state index in [1.165, 1.54) is 4.90 Å². The number of thioether (sulfide) groups is 1. The molecule has 9 heteroatoms. The van der Waals surface area contributed by atoms with Crippen LogP contribution in [0.3, 0.4) is 0 Å². The van der Waals surface area contributed by atoms with E-state index in [4.69, 9.17) is 12.2 Å². The van der Waals surface area contributed by atoms with Crippen LogP contribution in [-0.4, -0.2) is 32.7 Å². The Morgan fingerprint density at radius 1 is 1.32 bits per heavy atom. The van der Waals surface area contributed by atoms with Gasteiger partial charge in [0, 0.05) is 15.7 Å². The van der Waals surface area contributed by atoms with Crippen LogP contribution in [0.15, 0.2) is 50.2 Å². The number of hydrogen-bond acceptors (Lipinski definition) is 5. The Morgan fingerprint density at radius 2 is 2.04 bits per heavy atom. The van der Waals surface area contributed by atoms with E-state index in [0.717, 1.165) is 21.8 Å². The molecule has 0 saturated carbocycles. The molecule has 0 radical (unpaired) electrons. The van der Waals surface area contributed by atoms with Gasteiger partial charge >= 0.3 is 0 Å². The fourth-order valence-corrected chi connectivity index (χ4v) is 5.02. The van der Waals surface area contributed by atoms with Crippen LogP contribution in [0.25, 0.3) is 6.08 Å². The average molecular weight is 542 g/mol. The third kappa shape index (κ3) is 4.65. The predicted molar refractivity (Wildman–Crippen MR) is 123 cm³/mol. The summed E-state index contributed by atoms with van der Waals surface area (Å²) >= 11 is 13.0. The van der Waals surface area contributed by atoms with Crippen molar-refractivity contribution in [3.05, 3.63) is 61.4 Å². The lowest BCUT2D eigenvalue weighted by molar-refractivity contribution is -0.126. The van der Waals surface area contributed by atoms with E-state index >= 15 is 0 Å². The minimum Gasteiger partial charge on any atom is -0.506 e. The largest absolute Gasteiger partial charge is 0.506 e. The number of rotatable bonds is 4. The number of benzene rings is 2. The maximum absolute atomic E-state index is 12.7. The van der Waals surface area contributed by atoms with Gasteiger partial charge in [0.25, 0.3) is 5.91 Å². The van der Waals surface area contributed by atoms with Crippen LogP contribution in [0, 0.1) is 6.92 Å². The van der Waals surface area contributed by atoms with Gasteiger partial charge in [-0.15, -0.1) is 0 Å². The highest BCUT2D eigenvalue weighted by Crippen LogP contribution is 2.37. The van der Waals surface area contributed by atoms with Crippen LogP contribution in [0.1, 0.15) is 11.1 Å². The first kappa shape index (κ1) is 21.0. The van der Waals surface area contributed by atoms with E-state index in [1.807, 2.05) is 25.1 Å². The van der Waals surface area contributed by atoms with Gasteiger partial charge in [0.1, 0.15) is 16.6 Å². The van der Waals surface area contributed by atoms with E-state index < -0.39 is 0 Å². The zero-order valence-electron chi connectivity index (χ0n) is 14.5. The molecule has 0 aromatic heterocycles. The molecule has 144 valence electrons. The zero-order valence-corrected chi connectivity index (χ0v) is 19.3. The predicted octanol–water partition coefficient (Wildman–Crippen LogP) is 5.07. The number of phenols is 1. The number of carbonyl (C=O) groups excluding carboxylic acids is 2. The van der Waals surface area contributed by atoms with E-state index in [0.29, 0.717) is 24.9 Å². The average Bonchev–Trinajstić information content (AvgIpc) is 2.88. The lowest BCUT2D eigenvalue weighted by Gasteiger charge is -2.15. The summed E-state index contributed by atoms with van der Waals surface area (Å²) < 4.78 is 1.54. The van der Waals surface area contributed by atoms with Crippen LogP contribution in [0.4, 0.5) is 5.69 Å². The summed E-state index contributed by atoms with van der Waals surface area (Å²) in [5.41, 5.74) is 2.08. The highest BCUT2D eigenvalue weighted by atomic mass is 79.9. The van der Waals surface area contributed by atoms with Crippen LogP contribution in [0.5, 0.6) is 5.75 Å². The molecule has 2 aromatic carbocycles. The van der Waals surface area contributed by atoms with E-state index in [1.54, 1.807) is 24.3 Å². The monoisotopic (exact) mass is 540 g/mol. The summed E-state index contributed by atoms with van der Waals surface area (Å²) in [5.74, 6) is -0.684. The van der Waals surface area contributed by atoms with E-state index in [2.05, 4.69) is 37.2 Å². The second kappa shape index (κ2) is 8.77. The Morgan fingerprint density at radius 3 is 2.75 bits per heavy atom. The van der Waals surface area contributed by atoms with Gasteiger partial charge in [-0.3, -0.25) is 14.5 Å². The van der Waals surface area contributed by atoms with Gasteiger partial charge in [0.2, 0.25) is 5.91 Å². The number of halogens is 2. The quantitative estimate of drug-likeness (QED) is 0.418. The smallest absolute Gasteiger partial charge is 0.266 e. The van der Waals surface area contributed by atoms with Crippen molar-refractivity contribution >= 4 is 83.7 Å². The molecule has 5 nitrogen and oxygen atoms in total. The molecule has 1 saturated heterocycles. The second-order valence-electron chi connectivity index (χ2n) is 5.96. The van der Waals surface area contributed by atoms with Gasteiger partial charge in [-0.05, 0) is 52.7 Å². The molecule has 0 unspecified atom stereocenters. The molecule has 28 heavy (non-hydrogen) atoms. The lowest BCUT2D eigenvalue weighted by Crippen LogP contribution is -2.36. The normalized spacial score (nSPS) is 15.4. The summed E-state index contributed by atoms with van der Waals surface area (Å²) in [4.78, 5) is 26.7. The number of para-hydroxylation sites is 1. The molecule has 0 bridgehead atoms. The lowest BCUT2D eigenvalue weighted by atomic mass is 10.2. The summed E-state index contributed by atoms with van der Waals surface area (Å²) in [6.07, 6.45) is 1.56. The molecular formula is C19H14Br2N2O3S2. The Bertz CT molecular complexity index is 1020. The first-order valence-electron chi connectivity index (χ1n) is 8.05. The van der Waals surface area contributed by atoms with Crippen LogP contribution >= 0.6 is 55.8 Å². The van der Waals surface area contributed by atoms with Crippen molar-refractivity contribution in [2.75, 3.05) is 11.9 Å². The zero-order chi connectivity index (χ0) is 20.4. The highest BCUT2D eigenvalue weighted by Gasteiger charge is 2.33. The van der Waals surface area contributed by atoms with Gasteiger partial charge < -0.3 is 10.4 Å². The number of nitrogens with zero attached hydrogens (tertiary/aromatic N) is 1. The van der Waals surface area contributed by atoms with Crippen LogP contribution < -0.4 is 5.32 Å². The maximum atomic E-state index is 12.7. The van der Waals surface area contributed by atoms with Crippen molar-refractivity contribution in [1.29, 1.82) is 0 Å². The fourth-order valence-electron chi connectivity index (χ4n) is 2.52. The Hall–Kier alpha value is -1.68. The van der Waals surface area contributed by atoms with Crippen molar-refractivity contribution in [2.45, 2.75) is 6.92 Å². The Balaban J connectivity index is 1.77. The van der Waals surface area contributed by atoms with Gasteiger partial charge in [-0.2, -0.15) is 0 Å². The number of amides is 2. The fraction of sp³-hybridized carbons (Fsp3) is 0.105. The highest BCUT2D eigenvalue weighted by molar-refractivity contribution is 9.11. The van der Waals surface area contributed by atoms with Crippen LogP contribution in [-0.2, 0) is 9.59 Å². The molecule has 2 N–H and O–H groups in total. The molecule has 0 aliphatic carbocycles. The number of hydrogen-bond donors (Lipinski definition) is 2. The third-order valence-electron chi connectivity index (χ3n) is 3.94. The van der Waals surface area contributed by atoms with Gasteiger partial charge in [-0.1, -0.05) is 58.1 Å². The summed E-state index contributed by atoms with van der Waals surface area (Å²) in [6.45, 7) is 1.71. The van der Waals surface area contributed by atoms with Gasteiger partial charge in [0.15, 0.2) is 0 Å².